The SMILES string of the molecule is O=C(O)Oc1cc2cc(Cl)ccc2n1S(=O)(=O)c1ccc(Cl)c(Cl)c1. The smallest absolute Gasteiger partial charge is 0.449 e. The molecule has 1 heterocycles. The van der Waals surface area contributed by atoms with Crippen LogP contribution in [0.2, 0.25) is 15.1 Å². The molecule has 130 valence electrons. The van der Waals surface area contributed by atoms with Crippen molar-refractivity contribution in [1.29, 1.82) is 0 Å². The Hall–Kier alpha value is -1.93. The molecule has 3 rings (SSSR count). The van der Waals surface area contributed by atoms with Gasteiger partial charge in [-0.15, -0.1) is 0 Å². The van der Waals surface area contributed by atoms with Gasteiger partial charge in [0.25, 0.3) is 10.0 Å². The molecular weight excluding hydrogens is 413 g/mol. The lowest BCUT2D eigenvalue weighted by atomic mass is 10.2. The molecule has 0 amide bonds. The summed E-state index contributed by atoms with van der Waals surface area (Å²) in [6.45, 7) is 0. The minimum atomic E-state index is -4.21. The van der Waals surface area contributed by atoms with E-state index in [9.17, 15) is 13.2 Å². The second-order valence-electron chi connectivity index (χ2n) is 4.90. The number of benzene rings is 2. The molecule has 0 saturated heterocycles. The van der Waals surface area contributed by atoms with E-state index in [2.05, 4.69) is 4.74 Å². The zero-order valence-corrected chi connectivity index (χ0v) is 15.2. The Morgan fingerprint density at radius 1 is 1.00 bits per heavy atom. The van der Waals surface area contributed by atoms with Crippen LogP contribution >= 0.6 is 34.8 Å². The van der Waals surface area contributed by atoms with Crippen LogP contribution in [0.1, 0.15) is 0 Å². The summed E-state index contributed by atoms with van der Waals surface area (Å²) in [7, 11) is -4.21. The molecule has 1 aromatic heterocycles. The lowest BCUT2D eigenvalue weighted by molar-refractivity contribution is 0.142. The molecule has 3 aromatic rings. The first-order valence-electron chi connectivity index (χ1n) is 6.62. The Kier molecular flexibility index (Phi) is 4.59. The summed E-state index contributed by atoms with van der Waals surface area (Å²) < 4.78 is 31.4. The van der Waals surface area contributed by atoms with E-state index >= 15 is 0 Å². The fourth-order valence-corrected chi connectivity index (χ4v) is 4.30. The van der Waals surface area contributed by atoms with Crippen LogP contribution in [-0.2, 0) is 10.0 Å². The summed E-state index contributed by atoms with van der Waals surface area (Å²) in [6.07, 6.45) is -1.65. The van der Waals surface area contributed by atoms with Gasteiger partial charge in [0.2, 0.25) is 5.88 Å². The molecule has 1 N–H and O–H groups in total. The number of hydrogen-bond donors (Lipinski definition) is 1. The normalized spacial score (nSPS) is 11.6. The van der Waals surface area contributed by atoms with Crippen molar-refractivity contribution in [3.63, 3.8) is 0 Å². The van der Waals surface area contributed by atoms with Crippen molar-refractivity contribution in [2.45, 2.75) is 4.90 Å². The molecule has 0 saturated carbocycles. The molecule has 0 spiro atoms. The predicted octanol–water partition coefficient (Wildman–Crippen LogP) is 4.90. The van der Waals surface area contributed by atoms with Crippen LogP contribution in [0.3, 0.4) is 0 Å². The van der Waals surface area contributed by atoms with E-state index in [1.807, 2.05) is 0 Å². The summed E-state index contributed by atoms with van der Waals surface area (Å²) in [5.41, 5.74) is 0.201. The highest BCUT2D eigenvalue weighted by Gasteiger charge is 2.26. The minimum Gasteiger partial charge on any atom is -0.449 e. The highest BCUT2D eigenvalue weighted by molar-refractivity contribution is 7.90. The number of aromatic nitrogens is 1. The fourth-order valence-electron chi connectivity index (χ4n) is 2.29. The largest absolute Gasteiger partial charge is 0.512 e. The van der Waals surface area contributed by atoms with E-state index < -0.39 is 22.1 Å². The Bertz CT molecular complexity index is 1110. The lowest BCUT2D eigenvalue weighted by Crippen LogP contribution is -2.16. The molecule has 0 aliphatic heterocycles. The first-order chi connectivity index (χ1) is 11.7. The van der Waals surface area contributed by atoms with E-state index in [4.69, 9.17) is 39.9 Å². The molecule has 0 aliphatic carbocycles. The fraction of sp³-hybridized carbons (Fsp3) is 0. The second-order valence-corrected chi connectivity index (χ2v) is 7.94. The van der Waals surface area contributed by atoms with Crippen LogP contribution < -0.4 is 4.74 Å². The van der Waals surface area contributed by atoms with Gasteiger partial charge in [0.05, 0.1) is 20.5 Å². The van der Waals surface area contributed by atoms with Gasteiger partial charge in [-0.25, -0.2) is 17.2 Å². The maximum absolute atomic E-state index is 13.0. The standard InChI is InChI=1S/C15H8Cl3NO5S/c16-9-1-4-13-8(5-9)6-14(24-15(20)21)19(13)25(22,23)10-2-3-11(17)12(18)7-10/h1-7H,(H,20,21). The number of nitrogens with zero attached hydrogens (tertiary/aromatic N) is 1. The van der Waals surface area contributed by atoms with Crippen LogP contribution in [-0.4, -0.2) is 23.7 Å². The lowest BCUT2D eigenvalue weighted by Gasteiger charge is -2.11. The Morgan fingerprint density at radius 3 is 2.36 bits per heavy atom. The van der Waals surface area contributed by atoms with Gasteiger partial charge in [0.15, 0.2) is 0 Å². The number of carbonyl (C=O) groups is 1. The Labute approximate surface area is 157 Å². The van der Waals surface area contributed by atoms with E-state index in [1.165, 1.54) is 42.5 Å². The van der Waals surface area contributed by atoms with Crippen LogP contribution in [0.15, 0.2) is 47.4 Å². The molecule has 10 heteroatoms. The summed E-state index contributed by atoms with van der Waals surface area (Å²) >= 11 is 17.6. The third kappa shape index (κ3) is 3.28. The highest BCUT2D eigenvalue weighted by atomic mass is 35.5. The van der Waals surface area contributed by atoms with Crippen molar-refractivity contribution >= 4 is 61.9 Å². The third-order valence-electron chi connectivity index (χ3n) is 3.31. The van der Waals surface area contributed by atoms with Gasteiger partial charge in [0, 0.05) is 16.5 Å². The van der Waals surface area contributed by atoms with Crippen LogP contribution in [0.5, 0.6) is 5.88 Å². The molecule has 0 radical (unpaired) electrons. The summed E-state index contributed by atoms with van der Waals surface area (Å²) in [5.74, 6) is -0.393. The van der Waals surface area contributed by atoms with Crippen molar-refractivity contribution in [1.82, 2.24) is 3.97 Å². The number of fused-ring (bicyclic) bond motifs is 1. The summed E-state index contributed by atoms with van der Waals surface area (Å²) in [4.78, 5) is 10.8. The summed E-state index contributed by atoms with van der Waals surface area (Å²) in [5, 5.41) is 9.88. The molecule has 6 nitrogen and oxygen atoms in total. The summed E-state index contributed by atoms with van der Waals surface area (Å²) in [6, 6.07) is 9.45. The van der Waals surface area contributed by atoms with Crippen molar-refractivity contribution < 1.29 is 23.1 Å². The van der Waals surface area contributed by atoms with Crippen molar-refractivity contribution in [3.05, 3.63) is 57.5 Å². The van der Waals surface area contributed by atoms with Crippen molar-refractivity contribution in [2.75, 3.05) is 0 Å². The van der Waals surface area contributed by atoms with Crippen LogP contribution in [0.4, 0.5) is 4.79 Å². The second kappa shape index (κ2) is 6.42. The third-order valence-corrected chi connectivity index (χ3v) is 5.99. The van der Waals surface area contributed by atoms with Gasteiger partial charge < -0.3 is 9.84 Å². The van der Waals surface area contributed by atoms with Gasteiger partial charge >= 0.3 is 6.16 Å². The monoisotopic (exact) mass is 419 g/mol. The van der Waals surface area contributed by atoms with Gasteiger partial charge in [0.1, 0.15) is 0 Å². The zero-order valence-electron chi connectivity index (χ0n) is 12.1. The van der Waals surface area contributed by atoms with E-state index in [0.717, 1.165) is 3.97 Å². The Balaban J connectivity index is 2.31. The number of carboxylic acid groups (broad SMARTS) is 1. The maximum atomic E-state index is 13.0. The quantitative estimate of drug-likeness (QED) is 0.609. The van der Waals surface area contributed by atoms with Gasteiger partial charge in [-0.05, 0) is 36.4 Å². The molecule has 0 fully saturated rings. The molecule has 0 bridgehead atoms. The first-order valence-corrected chi connectivity index (χ1v) is 9.20. The number of ether oxygens (including phenoxy) is 1. The van der Waals surface area contributed by atoms with Crippen LogP contribution in [0.25, 0.3) is 10.9 Å². The van der Waals surface area contributed by atoms with Crippen LogP contribution in [0, 0.1) is 0 Å². The average molecular weight is 421 g/mol. The van der Waals surface area contributed by atoms with E-state index in [-0.39, 0.29) is 20.5 Å². The van der Waals surface area contributed by atoms with Gasteiger partial charge in [-0.1, -0.05) is 34.8 Å². The number of hydrogen-bond acceptors (Lipinski definition) is 4. The van der Waals surface area contributed by atoms with E-state index in [0.29, 0.717) is 10.4 Å². The van der Waals surface area contributed by atoms with Gasteiger partial charge in [-0.2, -0.15) is 0 Å². The molecule has 0 atom stereocenters. The highest BCUT2D eigenvalue weighted by Crippen LogP contribution is 2.33. The van der Waals surface area contributed by atoms with E-state index in [1.54, 1.807) is 0 Å². The molecule has 2 aromatic carbocycles. The topological polar surface area (TPSA) is 85.6 Å². The number of halogens is 3. The number of rotatable bonds is 3. The zero-order chi connectivity index (χ0) is 18.4. The van der Waals surface area contributed by atoms with Crippen molar-refractivity contribution in [3.8, 4) is 5.88 Å². The molecule has 0 unspecified atom stereocenters. The predicted molar refractivity (Wildman–Crippen MR) is 94.6 cm³/mol. The average Bonchev–Trinajstić information content (AvgIpc) is 2.86. The first kappa shape index (κ1) is 17.9. The van der Waals surface area contributed by atoms with Gasteiger partial charge in [-0.3, -0.25) is 0 Å². The molecule has 0 aliphatic rings. The molecule has 25 heavy (non-hydrogen) atoms. The maximum Gasteiger partial charge on any atom is 0.512 e. The molecular formula is C15H8Cl3NO5S. The Morgan fingerprint density at radius 2 is 1.72 bits per heavy atom. The van der Waals surface area contributed by atoms with Crippen molar-refractivity contribution in [2.24, 2.45) is 0 Å². The minimum absolute atomic E-state index is 0.0444.